The van der Waals surface area contributed by atoms with E-state index in [9.17, 15) is 0 Å². The molecular weight excluding hydrogens is 105 g/mol. The van der Waals surface area contributed by atoms with E-state index in [2.05, 4.69) is 15.4 Å². The summed E-state index contributed by atoms with van der Waals surface area (Å²) in [5.74, 6) is 0. The number of H-pyrrole nitrogens is 1. The van der Waals surface area contributed by atoms with Crippen LogP contribution in [-0.4, -0.2) is 50.4 Å². The van der Waals surface area contributed by atoms with E-state index in [1.54, 1.807) is 12.4 Å². The van der Waals surface area contributed by atoms with Crippen molar-refractivity contribution in [1.82, 2.24) is 15.4 Å². The van der Waals surface area contributed by atoms with Crippen LogP contribution in [0, 0.1) is 0 Å². The molecule has 0 aliphatic heterocycles. The Morgan fingerprint density at radius 1 is 1.43 bits per heavy atom. The largest absolute Gasteiger partial charge is 0.266 e. The minimum absolute atomic E-state index is 0. The quantitative estimate of drug-likeness (QED) is 0.406. The van der Waals surface area contributed by atoms with Crippen molar-refractivity contribution >= 4 is 29.6 Å². The number of aromatic amines is 1. The maximum absolute atomic E-state index is 3.42. The van der Waals surface area contributed by atoms with E-state index in [0.29, 0.717) is 0 Å². The molecule has 3 N–H and O–H groups in total. The molecule has 0 bridgehead atoms. The first-order valence-electron chi connectivity index (χ1n) is 1.30. The molecule has 4 nitrogen and oxygen atoms in total. The zero-order valence-electron chi connectivity index (χ0n) is 3.05. The van der Waals surface area contributed by atoms with Crippen molar-refractivity contribution in [3.05, 3.63) is 12.4 Å². The van der Waals surface area contributed by atoms with E-state index in [-0.39, 0.29) is 35.0 Å². The Kier molecular flexibility index (Phi) is 8.85. The van der Waals surface area contributed by atoms with Gasteiger partial charge < -0.3 is 5.48 Å². The topological polar surface area (TPSA) is 73.1 Å². The van der Waals surface area contributed by atoms with Gasteiger partial charge >= 0.3 is 29.6 Å². The van der Waals surface area contributed by atoms with E-state index in [4.69, 9.17) is 0 Å². The fraction of sp³-hybridized carbons (Fsp3) is 0. The number of nitrogens with zero attached hydrogens (tertiary/aromatic N) is 2. The Bertz CT molecular complexity index is 69.4. The Morgan fingerprint density at radius 3 is 2.29 bits per heavy atom. The second-order valence-electron chi connectivity index (χ2n) is 0.660. The van der Waals surface area contributed by atoms with Gasteiger partial charge in [-0.1, -0.05) is 5.21 Å². The smallest absolute Gasteiger partial charge is 0.0690 e. The van der Waals surface area contributed by atoms with Gasteiger partial charge in [0.25, 0.3) is 0 Å². The molecule has 5 heteroatoms. The van der Waals surface area contributed by atoms with Crippen molar-refractivity contribution in [3.63, 3.8) is 0 Å². The van der Waals surface area contributed by atoms with Gasteiger partial charge in [0.2, 0.25) is 0 Å². The van der Waals surface area contributed by atoms with Gasteiger partial charge in [0.15, 0.2) is 0 Å². The van der Waals surface area contributed by atoms with E-state index < -0.39 is 0 Å². The minimum Gasteiger partial charge on any atom is -0.266 e. The summed E-state index contributed by atoms with van der Waals surface area (Å²) in [5, 5.41) is 9.26. The summed E-state index contributed by atoms with van der Waals surface area (Å²) in [5.41, 5.74) is 0. The molecule has 0 aliphatic carbocycles. The number of aromatic nitrogens is 3. The van der Waals surface area contributed by atoms with Crippen molar-refractivity contribution in [2.75, 3.05) is 0 Å². The molecule has 7 heavy (non-hydrogen) atoms. The van der Waals surface area contributed by atoms with Crippen LogP contribution < -0.4 is 0 Å². The maximum atomic E-state index is 3.42. The summed E-state index contributed by atoms with van der Waals surface area (Å²) in [4.78, 5) is 0. The van der Waals surface area contributed by atoms with E-state index >= 15 is 0 Å². The van der Waals surface area contributed by atoms with Crippen LogP contribution in [0.4, 0.5) is 0 Å². The Labute approximate surface area is 62.9 Å². The normalized spacial score (nSPS) is 5.71. The fourth-order valence-corrected chi connectivity index (χ4v) is 0.167. The van der Waals surface area contributed by atoms with Crippen LogP contribution in [0.5, 0.6) is 0 Å². The monoisotopic (exact) mass is 111 g/mol. The molecular formula is C2H6N3NaO. The van der Waals surface area contributed by atoms with Gasteiger partial charge in [-0.2, -0.15) is 0 Å². The average Bonchev–Trinajstić information content (AvgIpc) is 1.76. The number of rotatable bonds is 0. The third kappa shape index (κ3) is 3.94. The maximum Gasteiger partial charge on any atom is 0.0690 e. The minimum atomic E-state index is 0. The van der Waals surface area contributed by atoms with E-state index in [0.717, 1.165) is 0 Å². The molecule has 0 radical (unpaired) electrons. The van der Waals surface area contributed by atoms with Crippen LogP contribution in [0.2, 0.25) is 0 Å². The van der Waals surface area contributed by atoms with E-state index in [1.165, 1.54) is 0 Å². The number of hydrogen-bond donors (Lipinski definition) is 1. The summed E-state index contributed by atoms with van der Waals surface area (Å²) in [6.45, 7) is 0. The second-order valence-corrected chi connectivity index (χ2v) is 0.660. The van der Waals surface area contributed by atoms with Crippen LogP contribution >= 0.6 is 0 Å². The number of hydrogen-bond acceptors (Lipinski definition) is 2. The standard InChI is InChI=1S/C2H3N3.Na.H2O.H/c1-2-4-5-3-1;;;/h1-2H,(H,3,4,5);;1H2;. The average molecular weight is 111 g/mol. The first-order chi connectivity index (χ1) is 2.50. The molecule has 0 atom stereocenters. The van der Waals surface area contributed by atoms with Crippen molar-refractivity contribution in [2.45, 2.75) is 0 Å². The van der Waals surface area contributed by atoms with Gasteiger partial charge in [0.1, 0.15) is 0 Å². The summed E-state index contributed by atoms with van der Waals surface area (Å²) < 4.78 is 0. The Morgan fingerprint density at radius 2 is 2.14 bits per heavy atom. The van der Waals surface area contributed by atoms with Gasteiger partial charge in [-0.05, 0) is 0 Å². The second kappa shape index (κ2) is 6.10. The van der Waals surface area contributed by atoms with Gasteiger partial charge in [0.05, 0.1) is 6.20 Å². The van der Waals surface area contributed by atoms with E-state index in [1.807, 2.05) is 0 Å². The zero-order valence-corrected chi connectivity index (χ0v) is 3.05. The van der Waals surface area contributed by atoms with Gasteiger partial charge in [0, 0.05) is 6.20 Å². The molecule has 0 aliphatic rings. The molecule has 0 saturated heterocycles. The van der Waals surface area contributed by atoms with Crippen molar-refractivity contribution in [3.8, 4) is 0 Å². The molecule has 0 amide bonds. The summed E-state index contributed by atoms with van der Waals surface area (Å²) in [6.07, 6.45) is 3.24. The Balaban J connectivity index is 0. The van der Waals surface area contributed by atoms with Gasteiger partial charge in [-0.15, -0.1) is 5.10 Å². The van der Waals surface area contributed by atoms with Crippen LogP contribution in [0.3, 0.4) is 0 Å². The summed E-state index contributed by atoms with van der Waals surface area (Å²) in [7, 11) is 0. The first-order valence-corrected chi connectivity index (χ1v) is 1.30. The van der Waals surface area contributed by atoms with Crippen LogP contribution in [0.1, 0.15) is 0 Å². The number of nitrogens with one attached hydrogen (secondary N) is 1. The van der Waals surface area contributed by atoms with Crippen LogP contribution in [0.15, 0.2) is 12.4 Å². The molecule has 36 valence electrons. The molecule has 1 aromatic rings. The van der Waals surface area contributed by atoms with Crippen molar-refractivity contribution < 1.29 is 5.48 Å². The van der Waals surface area contributed by atoms with Crippen LogP contribution in [0.25, 0.3) is 0 Å². The Hall–Kier alpha value is 0.1000. The molecule has 1 heterocycles. The summed E-state index contributed by atoms with van der Waals surface area (Å²) in [6, 6.07) is 0. The molecule has 1 rings (SSSR count). The molecule has 1 aromatic heterocycles. The molecule has 0 aromatic carbocycles. The third-order valence-corrected chi connectivity index (χ3v) is 0.331. The molecule has 0 spiro atoms. The molecule has 0 fully saturated rings. The fourth-order valence-electron chi connectivity index (χ4n) is 0.167. The molecule has 0 unspecified atom stereocenters. The molecule has 0 saturated carbocycles. The van der Waals surface area contributed by atoms with Gasteiger partial charge in [-0.3, -0.25) is 5.10 Å². The van der Waals surface area contributed by atoms with Crippen LogP contribution in [-0.2, 0) is 0 Å². The SMILES string of the molecule is O.[NaH].c1c[nH]nn1. The third-order valence-electron chi connectivity index (χ3n) is 0.331. The predicted octanol–water partition coefficient (Wildman–Crippen LogP) is -1.67. The van der Waals surface area contributed by atoms with Gasteiger partial charge in [-0.25, -0.2) is 0 Å². The summed E-state index contributed by atoms with van der Waals surface area (Å²) >= 11 is 0. The predicted molar refractivity (Wildman–Crippen MR) is 27.1 cm³/mol. The van der Waals surface area contributed by atoms with Crippen molar-refractivity contribution in [2.24, 2.45) is 0 Å². The first kappa shape index (κ1) is 10.2. The zero-order chi connectivity index (χ0) is 3.54. The van der Waals surface area contributed by atoms with Crippen molar-refractivity contribution in [1.29, 1.82) is 0 Å².